The molecule has 21 heavy (non-hydrogen) atoms. The molecule has 2 aromatic carbocycles. The van der Waals surface area contributed by atoms with Crippen molar-refractivity contribution in [3.8, 4) is 0 Å². The second-order valence-corrected chi connectivity index (χ2v) is 6.07. The van der Waals surface area contributed by atoms with Crippen molar-refractivity contribution >= 4 is 22.5 Å². The van der Waals surface area contributed by atoms with E-state index >= 15 is 0 Å². The molecular weight excluding hydrogens is 278 g/mol. The van der Waals surface area contributed by atoms with Gasteiger partial charge in [0, 0.05) is 31.2 Å². The van der Waals surface area contributed by atoms with Gasteiger partial charge in [-0.2, -0.15) is 0 Å². The highest BCUT2D eigenvalue weighted by Crippen LogP contribution is 2.25. The third-order valence-electron chi connectivity index (χ3n) is 3.68. The molecular formula is C17H19N3S. The summed E-state index contributed by atoms with van der Waals surface area (Å²) in [6.45, 7) is 0. The molecule has 0 amide bonds. The van der Waals surface area contributed by atoms with Gasteiger partial charge < -0.3 is 9.88 Å². The molecule has 4 heteroatoms. The zero-order chi connectivity index (χ0) is 14.7. The van der Waals surface area contributed by atoms with Crippen LogP contribution in [0.5, 0.6) is 0 Å². The average molecular weight is 297 g/mol. The Kier molecular flexibility index (Phi) is 4.27. The van der Waals surface area contributed by atoms with Gasteiger partial charge in [-0.1, -0.05) is 48.2 Å². The molecule has 0 spiro atoms. The summed E-state index contributed by atoms with van der Waals surface area (Å²) in [6, 6.07) is 15.5. The molecule has 1 N–H and O–H groups in total. The average Bonchev–Trinajstić information content (AvgIpc) is 2.93. The normalized spacial score (nSPS) is 12.7. The zero-order valence-corrected chi connectivity index (χ0v) is 13.1. The summed E-state index contributed by atoms with van der Waals surface area (Å²) < 4.78 is 2.05. The summed E-state index contributed by atoms with van der Waals surface area (Å²) in [4.78, 5) is 4.36. The molecule has 0 aliphatic carbocycles. The van der Waals surface area contributed by atoms with Gasteiger partial charge in [0.25, 0.3) is 0 Å². The van der Waals surface area contributed by atoms with E-state index in [2.05, 4.69) is 57.3 Å². The van der Waals surface area contributed by atoms with E-state index in [0.717, 1.165) is 10.9 Å². The number of benzene rings is 2. The van der Waals surface area contributed by atoms with Crippen LogP contribution in [0.1, 0.15) is 11.6 Å². The van der Waals surface area contributed by atoms with Crippen LogP contribution in [-0.4, -0.2) is 22.4 Å². The topological polar surface area (TPSA) is 29.9 Å². The van der Waals surface area contributed by atoms with Crippen LogP contribution in [0, 0.1) is 0 Å². The van der Waals surface area contributed by atoms with Crippen molar-refractivity contribution in [1.29, 1.82) is 0 Å². The van der Waals surface area contributed by atoms with Crippen molar-refractivity contribution in [2.75, 3.05) is 12.8 Å². The lowest BCUT2D eigenvalue weighted by Gasteiger charge is -2.16. The number of nitrogens with zero attached hydrogens (tertiary/aromatic N) is 2. The molecule has 1 unspecified atom stereocenters. The molecule has 0 bridgehead atoms. The van der Waals surface area contributed by atoms with Gasteiger partial charge in [-0.05, 0) is 29.4 Å². The van der Waals surface area contributed by atoms with Gasteiger partial charge in [0.1, 0.15) is 0 Å². The van der Waals surface area contributed by atoms with Crippen LogP contribution in [0.3, 0.4) is 0 Å². The summed E-state index contributed by atoms with van der Waals surface area (Å²) in [5.41, 5.74) is 1.32. The van der Waals surface area contributed by atoms with Crippen molar-refractivity contribution in [1.82, 2.24) is 14.9 Å². The van der Waals surface area contributed by atoms with Crippen LogP contribution in [0.15, 0.2) is 60.0 Å². The third kappa shape index (κ3) is 3.12. The van der Waals surface area contributed by atoms with Crippen molar-refractivity contribution < 1.29 is 0 Å². The van der Waals surface area contributed by atoms with Crippen molar-refractivity contribution in [2.24, 2.45) is 7.05 Å². The van der Waals surface area contributed by atoms with Crippen LogP contribution in [-0.2, 0) is 7.05 Å². The van der Waals surface area contributed by atoms with Gasteiger partial charge >= 0.3 is 0 Å². The molecule has 1 heterocycles. The summed E-state index contributed by atoms with van der Waals surface area (Å²) in [5, 5.41) is 7.03. The first-order valence-corrected chi connectivity index (χ1v) is 8.02. The van der Waals surface area contributed by atoms with E-state index in [9.17, 15) is 0 Å². The van der Waals surface area contributed by atoms with E-state index in [0.29, 0.717) is 6.04 Å². The Labute approximate surface area is 129 Å². The molecule has 0 aliphatic rings. The Bertz CT molecular complexity index is 735. The van der Waals surface area contributed by atoms with Gasteiger partial charge in [0.05, 0.1) is 0 Å². The maximum Gasteiger partial charge on any atom is 0.167 e. The first kappa shape index (κ1) is 14.2. The monoisotopic (exact) mass is 297 g/mol. The molecule has 1 atom stereocenters. The minimum atomic E-state index is 0.316. The number of hydrogen-bond donors (Lipinski definition) is 1. The number of nitrogens with one attached hydrogen (secondary N) is 1. The summed E-state index contributed by atoms with van der Waals surface area (Å²) >= 11 is 1.78. The van der Waals surface area contributed by atoms with E-state index in [1.807, 2.05) is 26.5 Å². The van der Waals surface area contributed by atoms with Gasteiger partial charge in [-0.15, -0.1) is 0 Å². The van der Waals surface area contributed by atoms with E-state index in [4.69, 9.17) is 0 Å². The highest BCUT2D eigenvalue weighted by molar-refractivity contribution is 7.99. The fourth-order valence-electron chi connectivity index (χ4n) is 2.42. The van der Waals surface area contributed by atoms with Gasteiger partial charge in [0.2, 0.25) is 0 Å². The van der Waals surface area contributed by atoms with Gasteiger partial charge in [0.15, 0.2) is 5.16 Å². The lowest BCUT2D eigenvalue weighted by molar-refractivity contribution is 0.660. The molecule has 3 rings (SSSR count). The van der Waals surface area contributed by atoms with Gasteiger partial charge in [-0.3, -0.25) is 0 Å². The first-order valence-electron chi connectivity index (χ1n) is 7.04. The Hall–Kier alpha value is -1.78. The quantitative estimate of drug-likeness (QED) is 0.729. The van der Waals surface area contributed by atoms with E-state index in [-0.39, 0.29) is 0 Å². The maximum atomic E-state index is 4.36. The Balaban J connectivity index is 1.79. The Morgan fingerprint density at radius 3 is 2.71 bits per heavy atom. The number of hydrogen-bond acceptors (Lipinski definition) is 3. The van der Waals surface area contributed by atoms with Crippen molar-refractivity contribution in [3.63, 3.8) is 0 Å². The number of fused-ring (bicyclic) bond motifs is 1. The summed E-state index contributed by atoms with van der Waals surface area (Å²) in [6.07, 6.45) is 3.82. The SMILES string of the molecule is CNC(CSc1nccn1C)c1ccc2ccccc2c1. The molecule has 0 radical (unpaired) electrons. The minimum absolute atomic E-state index is 0.316. The number of imidazole rings is 1. The molecule has 0 fully saturated rings. The molecule has 0 saturated carbocycles. The fourth-order valence-corrected chi connectivity index (χ4v) is 3.49. The lowest BCUT2D eigenvalue weighted by Crippen LogP contribution is -2.18. The first-order chi connectivity index (χ1) is 10.3. The standard InChI is InChI=1S/C17H19N3S/c1-18-16(12-21-17-19-9-10-20(17)2)15-8-7-13-5-3-4-6-14(13)11-15/h3-11,16,18H,12H2,1-2H3. The summed E-state index contributed by atoms with van der Waals surface area (Å²) in [7, 11) is 4.04. The number of aromatic nitrogens is 2. The van der Waals surface area contributed by atoms with Crippen LogP contribution in [0.25, 0.3) is 10.8 Å². The predicted molar refractivity (Wildman–Crippen MR) is 89.7 cm³/mol. The minimum Gasteiger partial charge on any atom is -0.329 e. The third-order valence-corrected chi connectivity index (χ3v) is 4.83. The zero-order valence-electron chi connectivity index (χ0n) is 12.3. The molecule has 0 saturated heterocycles. The van der Waals surface area contributed by atoms with Crippen molar-refractivity contribution in [2.45, 2.75) is 11.2 Å². The molecule has 1 aromatic heterocycles. The van der Waals surface area contributed by atoms with Crippen LogP contribution < -0.4 is 5.32 Å². The maximum absolute atomic E-state index is 4.36. The molecule has 108 valence electrons. The highest BCUT2D eigenvalue weighted by atomic mass is 32.2. The second kappa shape index (κ2) is 6.33. The van der Waals surface area contributed by atoms with E-state index in [1.54, 1.807) is 11.8 Å². The van der Waals surface area contributed by atoms with E-state index in [1.165, 1.54) is 16.3 Å². The Morgan fingerprint density at radius 1 is 1.19 bits per heavy atom. The number of aryl methyl sites for hydroxylation is 1. The summed E-state index contributed by atoms with van der Waals surface area (Å²) in [5.74, 6) is 0.958. The fraction of sp³-hybridized carbons (Fsp3) is 0.235. The van der Waals surface area contributed by atoms with Crippen LogP contribution >= 0.6 is 11.8 Å². The largest absolute Gasteiger partial charge is 0.329 e. The van der Waals surface area contributed by atoms with E-state index < -0.39 is 0 Å². The number of thioether (sulfide) groups is 1. The lowest BCUT2D eigenvalue weighted by atomic mass is 10.0. The van der Waals surface area contributed by atoms with Crippen LogP contribution in [0.2, 0.25) is 0 Å². The molecule has 0 aliphatic heterocycles. The number of rotatable bonds is 5. The van der Waals surface area contributed by atoms with Gasteiger partial charge in [-0.25, -0.2) is 4.98 Å². The van der Waals surface area contributed by atoms with Crippen LogP contribution in [0.4, 0.5) is 0 Å². The molecule has 3 aromatic rings. The Morgan fingerprint density at radius 2 is 2.00 bits per heavy atom. The molecule has 3 nitrogen and oxygen atoms in total. The second-order valence-electron chi connectivity index (χ2n) is 5.08. The smallest absolute Gasteiger partial charge is 0.167 e. The predicted octanol–water partition coefficient (Wildman–Crippen LogP) is 3.63. The highest BCUT2D eigenvalue weighted by Gasteiger charge is 2.11. The van der Waals surface area contributed by atoms with Crippen molar-refractivity contribution in [3.05, 3.63) is 60.4 Å².